The highest BCUT2D eigenvalue weighted by Gasteiger charge is 2.04. The number of benzene rings is 4. The molecule has 0 N–H and O–H groups in total. The minimum absolute atomic E-state index is 0.710. The van der Waals surface area contributed by atoms with Crippen LogP contribution in [0.1, 0.15) is 49.9 Å². The summed E-state index contributed by atoms with van der Waals surface area (Å²) < 4.78 is 0. The molecular weight excluding hydrogens is 408 g/mol. The molecule has 0 amide bonds. The van der Waals surface area contributed by atoms with Crippen LogP contribution in [-0.4, -0.2) is 0 Å². The summed E-state index contributed by atoms with van der Waals surface area (Å²) in [5.74, 6) is 1.43. The summed E-state index contributed by atoms with van der Waals surface area (Å²) in [4.78, 5) is 0. The zero-order chi connectivity index (χ0) is 24.5. The zero-order valence-electron chi connectivity index (χ0n) is 21.8. The Morgan fingerprint density at radius 2 is 0.971 bits per heavy atom. The van der Waals surface area contributed by atoms with E-state index in [2.05, 4.69) is 139 Å². The molecular formula is C34H40. The first-order valence-electron chi connectivity index (χ1n) is 12.6. The van der Waals surface area contributed by atoms with Crippen LogP contribution >= 0.6 is 0 Å². The van der Waals surface area contributed by atoms with Crippen molar-refractivity contribution >= 4 is 0 Å². The van der Waals surface area contributed by atoms with Crippen molar-refractivity contribution in [1.82, 2.24) is 0 Å². The van der Waals surface area contributed by atoms with E-state index in [9.17, 15) is 0 Å². The van der Waals surface area contributed by atoms with Crippen molar-refractivity contribution in [2.24, 2.45) is 11.8 Å². The van der Waals surface area contributed by atoms with Gasteiger partial charge in [0.25, 0.3) is 0 Å². The Balaban J connectivity index is 0.000000191. The number of hydrogen-bond donors (Lipinski definition) is 0. The van der Waals surface area contributed by atoms with Gasteiger partial charge in [-0.2, -0.15) is 0 Å². The molecule has 0 heterocycles. The van der Waals surface area contributed by atoms with Crippen LogP contribution in [-0.2, 0) is 12.8 Å². The molecule has 0 saturated carbocycles. The first-order chi connectivity index (χ1) is 16.3. The Morgan fingerprint density at radius 3 is 1.50 bits per heavy atom. The number of hydrogen-bond acceptors (Lipinski definition) is 0. The monoisotopic (exact) mass is 448 g/mol. The lowest BCUT2D eigenvalue weighted by atomic mass is 9.96. The van der Waals surface area contributed by atoms with Gasteiger partial charge in [0.2, 0.25) is 0 Å². The topological polar surface area (TPSA) is 0 Å². The number of rotatable bonds is 6. The van der Waals surface area contributed by atoms with E-state index >= 15 is 0 Å². The number of aryl methyl sites for hydroxylation is 2. The Kier molecular flexibility index (Phi) is 9.28. The molecule has 0 bridgehead atoms. The van der Waals surface area contributed by atoms with Crippen molar-refractivity contribution in [1.29, 1.82) is 0 Å². The van der Waals surface area contributed by atoms with E-state index in [0.29, 0.717) is 5.92 Å². The summed E-state index contributed by atoms with van der Waals surface area (Å²) in [6.07, 6.45) is 2.31. The van der Waals surface area contributed by atoms with Crippen molar-refractivity contribution in [3.63, 3.8) is 0 Å². The van der Waals surface area contributed by atoms with Gasteiger partial charge in [-0.25, -0.2) is 0 Å². The van der Waals surface area contributed by atoms with Gasteiger partial charge in [0.05, 0.1) is 0 Å². The lowest BCUT2D eigenvalue weighted by Crippen LogP contribution is -1.94. The van der Waals surface area contributed by atoms with E-state index in [-0.39, 0.29) is 0 Å². The summed E-state index contributed by atoms with van der Waals surface area (Å²) in [6, 6.07) is 35.0. The van der Waals surface area contributed by atoms with Gasteiger partial charge in [-0.1, -0.05) is 125 Å². The molecule has 0 aliphatic rings. The molecule has 34 heavy (non-hydrogen) atoms. The molecule has 0 heteroatoms. The fourth-order valence-corrected chi connectivity index (χ4v) is 4.42. The van der Waals surface area contributed by atoms with Crippen LogP contribution in [0.15, 0.2) is 97.1 Å². The standard InChI is InChI=1S/2C17H20/c1-13(2)11-15-8-6-9-16(12-15)17-10-5-4-7-14(17)3;1-13(2)12-15-8-10-16(11-9-15)17-7-5-4-6-14(17)3/h4-10,12-13H,11H2,1-3H3;4-11,13H,12H2,1-3H3. The Morgan fingerprint density at radius 1 is 0.471 bits per heavy atom. The molecule has 0 atom stereocenters. The van der Waals surface area contributed by atoms with E-state index in [1.807, 2.05) is 0 Å². The Labute approximate surface area is 207 Å². The second-order valence-corrected chi connectivity index (χ2v) is 10.2. The first kappa shape index (κ1) is 25.5. The van der Waals surface area contributed by atoms with Gasteiger partial charge in [0, 0.05) is 0 Å². The lowest BCUT2D eigenvalue weighted by molar-refractivity contribution is 0.647. The maximum absolute atomic E-state index is 2.32. The largest absolute Gasteiger partial charge is 0.0625 e. The van der Waals surface area contributed by atoms with Gasteiger partial charge in [-0.3, -0.25) is 0 Å². The minimum Gasteiger partial charge on any atom is -0.0625 e. The highest BCUT2D eigenvalue weighted by molar-refractivity contribution is 5.68. The van der Waals surface area contributed by atoms with E-state index in [1.165, 1.54) is 44.5 Å². The molecule has 0 fully saturated rings. The van der Waals surface area contributed by atoms with Crippen LogP contribution in [0.4, 0.5) is 0 Å². The third-order valence-corrected chi connectivity index (χ3v) is 6.08. The van der Waals surface area contributed by atoms with Crippen LogP contribution in [0, 0.1) is 25.7 Å². The SMILES string of the molecule is Cc1ccccc1-c1ccc(CC(C)C)cc1.Cc1ccccc1-c1cccc(CC(C)C)c1. The molecule has 0 aliphatic heterocycles. The van der Waals surface area contributed by atoms with Crippen LogP contribution < -0.4 is 0 Å². The van der Waals surface area contributed by atoms with E-state index in [0.717, 1.165) is 18.8 Å². The minimum atomic E-state index is 0.710. The molecule has 0 spiro atoms. The maximum Gasteiger partial charge on any atom is -0.0155 e. The summed E-state index contributed by atoms with van der Waals surface area (Å²) in [7, 11) is 0. The molecule has 0 radical (unpaired) electrons. The van der Waals surface area contributed by atoms with Crippen molar-refractivity contribution in [2.75, 3.05) is 0 Å². The zero-order valence-corrected chi connectivity index (χ0v) is 21.8. The molecule has 4 aromatic rings. The van der Waals surface area contributed by atoms with E-state index < -0.39 is 0 Å². The molecule has 0 saturated heterocycles. The van der Waals surface area contributed by atoms with Gasteiger partial charge in [0.1, 0.15) is 0 Å². The summed E-state index contributed by atoms with van der Waals surface area (Å²) in [5.41, 5.74) is 10.9. The summed E-state index contributed by atoms with van der Waals surface area (Å²) >= 11 is 0. The molecule has 0 nitrogen and oxygen atoms in total. The van der Waals surface area contributed by atoms with E-state index in [1.54, 1.807) is 0 Å². The highest BCUT2D eigenvalue weighted by atomic mass is 14.1. The second-order valence-electron chi connectivity index (χ2n) is 10.2. The maximum atomic E-state index is 2.32. The van der Waals surface area contributed by atoms with Crippen molar-refractivity contribution < 1.29 is 0 Å². The lowest BCUT2D eigenvalue weighted by Gasteiger charge is -2.09. The molecule has 0 unspecified atom stereocenters. The van der Waals surface area contributed by atoms with Crippen LogP contribution in [0.2, 0.25) is 0 Å². The quantitative estimate of drug-likeness (QED) is 0.275. The van der Waals surface area contributed by atoms with Crippen LogP contribution in [0.5, 0.6) is 0 Å². The molecule has 176 valence electrons. The predicted octanol–water partition coefficient (Wildman–Crippen LogP) is 9.72. The first-order valence-corrected chi connectivity index (χ1v) is 12.6. The predicted molar refractivity (Wildman–Crippen MR) is 150 cm³/mol. The van der Waals surface area contributed by atoms with Crippen molar-refractivity contribution in [3.05, 3.63) is 119 Å². The van der Waals surface area contributed by atoms with Crippen molar-refractivity contribution in [2.45, 2.75) is 54.4 Å². The van der Waals surface area contributed by atoms with Crippen LogP contribution in [0.25, 0.3) is 22.3 Å². The van der Waals surface area contributed by atoms with Gasteiger partial charge >= 0.3 is 0 Å². The molecule has 0 aromatic heterocycles. The average Bonchev–Trinajstić information content (AvgIpc) is 2.80. The second kappa shape index (κ2) is 12.4. The Bertz CT molecular complexity index is 1160. The van der Waals surface area contributed by atoms with Gasteiger partial charge in [-0.15, -0.1) is 0 Å². The normalized spacial score (nSPS) is 10.8. The summed E-state index contributed by atoms with van der Waals surface area (Å²) in [6.45, 7) is 13.4. The van der Waals surface area contributed by atoms with Gasteiger partial charge in [-0.05, 0) is 83.0 Å². The van der Waals surface area contributed by atoms with Crippen molar-refractivity contribution in [3.8, 4) is 22.3 Å². The third-order valence-electron chi connectivity index (χ3n) is 6.08. The summed E-state index contributed by atoms with van der Waals surface area (Å²) in [5, 5.41) is 0. The molecule has 4 rings (SSSR count). The smallest absolute Gasteiger partial charge is 0.0155 e. The Hall–Kier alpha value is -3.12. The van der Waals surface area contributed by atoms with Gasteiger partial charge < -0.3 is 0 Å². The fraction of sp³-hybridized carbons (Fsp3) is 0.294. The van der Waals surface area contributed by atoms with E-state index in [4.69, 9.17) is 0 Å². The third kappa shape index (κ3) is 7.45. The molecule has 0 aliphatic carbocycles. The highest BCUT2D eigenvalue weighted by Crippen LogP contribution is 2.25. The fourth-order valence-electron chi connectivity index (χ4n) is 4.42. The van der Waals surface area contributed by atoms with Crippen LogP contribution in [0.3, 0.4) is 0 Å². The van der Waals surface area contributed by atoms with Gasteiger partial charge in [0.15, 0.2) is 0 Å². The molecule has 4 aromatic carbocycles. The average molecular weight is 449 g/mol.